The van der Waals surface area contributed by atoms with Gasteiger partial charge in [-0.2, -0.15) is 0 Å². The molecule has 4 nitrogen and oxygen atoms in total. The summed E-state index contributed by atoms with van der Waals surface area (Å²) < 4.78 is 14.5. The second kappa shape index (κ2) is 4.37. The molecule has 0 unspecified atom stereocenters. The Hall–Kier alpha value is -2.56. The molecule has 3 rings (SSSR count). The molecule has 0 saturated heterocycles. The lowest BCUT2D eigenvalue weighted by Crippen LogP contribution is -1.93. The van der Waals surface area contributed by atoms with Gasteiger partial charge in [-0.25, -0.2) is 9.37 Å². The van der Waals surface area contributed by atoms with Gasteiger partial charge in [-0.3, -0.25) is 4.57 Å². The molecule has 0 amide bonds. The summed E-state index contributed by atoms with van der Waals surface area (Å²) in [5.74, 6) is 0.499. The van der Waals surface area contributed by atoms with Crippen molar-refractivity contribution in [1.29, 1.82) is 0 Å². The first-order chi connectivity index (χ1) is 8.83. The van der Waals surface area contributed by atoms with Crippen LogP contribution in [-0.2, 0) is 0 Å². The fourth-order valence-electron chi connectivity index (χ4n) is 1.67. The monoisotopic (exact) mass is 240 g/mol. The van der Waals surface area contributed by atoms with Crippen LogP contribution in [0.5, 0.6) is 0 Å². The first-order valence-electron chi connectivity index (χ1n) is 5.40. The highest BCUT2D eigenvalue weighted by Gasteiger charge is 2.01. The van der Waals surface area contributed by atoms with Crippen LogP contribution in [0.2, 0.25) is 0 Å². The van der Waals surface area contributed by atoms with Gasteiger partial charge in [0, 0.05) is 11.8 Å². The van der Waals surface area contributed by atoms with Crippen LogP contribution >= 0.6 is 0 Å². The number of pyridine rings is 1. The Labute approximate surface area is 103 Å². The van der Waals surface area contributed by atoms with Crippen molar-refractivity contribution in [3.63, 3.8) is 0 Å². The van der Waals surface area contributed by atoms with Gasteiger partial charge in [0.05, 0.1) is 0 Å². The molecule has 0 fully saturated rings. The van der Waals surface area contributed by atoms with E-state index in [2.05, 4.69) is 15.2 Å². The lowest BCUT2D eigenvalue weighted by Gasteiger charge is -2.03. The second-order valence-electron chi connectivity index (χ2n) is 3.78. The van der Waals surface area contributed by atoms with Crippen LogP contribution in [0.25, 0.3) is 16.9 Å². The van der Waals surface area contributed by atoms with Crippen molar-refractivity contribution in [3.8, 4) is 16.9 Å². The molecular weight excluding hydrogens is 231 g/mol. The largest absolute Gasteiger partial charge is 0.272 e. The lowest BCUT2D eigenvalue weighted by molar-refractivity contribution is 0.628. The van der Waals surface area contributed by atoms with Gasteiger partial charge in [-0.15, -0.1) is 10.2 Å². The van der Waals surface area contributed by atoms with Crippen molar-refractivity contribution in [2.75, 3.05) is 0 Å². The van der Waals surface area contributed by atoms with Crippen LogP contribution in [0.3, 0.4) is 0 Å². The molecule has 2 heterocycles. The standard InChI is InChI=1S/C13H9FN4/c14-12-4-1-10(2-5-12)11-3-6-13(15-7-11)18-8-16-17-9-18/h1-9H. The van der Waals surface area contributed by atoms with E-state index in [1.807, 2.05) is 12.1 Å². The lowest BCUT2D eigenvalue weighted by atomic mass is 10.1. The third-order valence-corrected chi connectivity index (χ3v) is 2.61. The van der Waals surface area contributed by atoms with E-state index < -0.39 is 0 Å². The molecule has 3 aromatic rings. The van der Waals surface area contributed by atoms with Gasteiger partial charge in [0.25, 0.3) is 0 Å². The second-order valence-corrected chi connectivity index (χ2v) is 3.78. The predicted molar refractivity (Wildman–Crippen MR) is 64.5 cm³/mol. The molecule has 88 valence electrons. The number of halogens is 1. The smallest absolute Gasteiger partial charge is 0.139 e. The minimum atomic E-state index is -0.243. The van der Waals surface area contributed by atoms with Crippen molar-refractivity contribution in [2.45, 2.75) is 0 Å². The van der Waals surface area contributed by atoms with Crippen LogP contribution in [0.15, 0.2) is 55.2 Å². The molecule has 0 atom stereocenters. The number of hydrogen-bond acceptors (Lipinski definition) is 3. The summed E-state index contributed by atoms with van der Waals surface area (Å²) in [5.41, 5.74) is 1.87. The molecular formula is C13H9FN4. The first-order valence-corrected chi connectivity index (χ1v) is 5.40. The summed E-state index contributed by atoms with van der Waals surface area (Å²) in [6.07, 6.45) is 4.91. The Bertz CT molecular complexity index is 630. The maximum atomic E-state index is 12.8. The number of rotatable bonds is 2. The van der Waals surface area contributed by atoms with Crippen LogP contribution < -0.4 is 0 Å². The molecule has 0 aliphatic carbocycles. The Morgan fingerprint density at radius 3 is 2.11 bits per heavy atom. The fourth-order valence-corrected chi connectivity index (χ4v) is 1.67. The van der Waals surface area contributed by atoms with Crippen LogP contribution in [0.1, 0.15) is 0 Å². The molecule has 0 spiro atoms. The molecule has 18 heavy (non-hydrogen) atoms. The summed E-state index contributed by atoms with van der Waals surface area (Å²) in [6, 6.07) is 10.1. The highest BCUT2D eigenvalue weighted by molar-refractivity contribution is 5.62. The van der Waals surface area contributed by atoms with E-state index in [4.69, 9.17) is 0 Å². The van der Waals surface area contributed by atoms with Crippen molar-refractivity contribution in [3.05, 3.63) is 61.1 Å². The van der Waals surface area contributed by atoms with Gasteiger partial charge < -0.3 is 0 Å². The van der Waals surface area contributed by atoms with Crippen LogP contribution in [0, 0.1) is 5.82 Å². The molecule has 0 aliphatic heterocycles. The minimum Gasteiger partial charge on any atom is -0.272 e. The Morgan fingerprint density at radius 2 is 1.50 bits per heavy atom. The van der Waals surface area contributed by atoms with Crippen LogP contribution in [-0.4, -0.2) is 19.7 Å². The van der Waals surface area contributed by atoms with E-state index in [0.717, 1.165) is 16.9 Å². The number of benzene rings is 1. The number of hydrogen-bond donors (Lipinski definition) is 0. The van der Waals surface area contributed by atoms with Gasteiger partial charge >= 0.3 is 0 Å². The molecule has 5 heteroatoms. The normalized spacial score (nSPS) is 10.5. The summed E-state index contributed by atoms with van der Waals surface area (Å²) in [4.78, 5) is 4.31. The molecule has 0 N–H and O–H groups in total. The number of aromatic nitrogens is 4. The zero-order valence-electron chi connectivity index (χ0n) is 9.36. The zero-order valence-corrected chi connectivity index (χ0v) is 9.36. The van der Waals surface area contributed by atoms with Crippen molar-refractivity contribution >= 4 is 0 Å². The Kier molecular flexibility index (Phi) is 2.57. The fraction of sp³-hybridized carbons (Fsp3) is 0. The highest BCUT2D eigenvalue weighted by Crippen LogP contribution is 2.19. The topological polar surface area (TPSA) is 43.6 Å². The third-order valence-electron chi connectivity index (χ3n) is 2.61. The quantitative estimate of drug-likeness (QED) is 0.691. The van der Waals surface area contributed by atoms with E-state index in [0.29, 0.717) is 0 Å². The van der Waals surface area contributed by atoms with E-state index in [1.165, 1.54) is 12.1 Å². The molecule has 2 aromatic heterocycles. The summed E-state index contributed by atoms with van der Waals surface area (Å²) >= 11 is 0. The summed E-state index contributed by atoms with van der Waals surface area (Å²) in [5, 5.41) is 7.44. The predicted octanol–water partition coefficient (Wildman–Crippen LogP) is 2.47. The van der Waals surface area contributed by atoms with Gasteiger partial charge in [0.15, 0.2) is 0 Å². The Morgan fingerprint density at radius 1 is 0.833 bits per heavy atom. The average Bonchev–Trinajstić information content (AvgIpc) is 2.94. The van der Waals surface area contributed by atoms with E-state index in [-0.39, 0.29) is 5.82 Å². The van der Waals surface area contributed by atoms with Gasteiger partial charge in [0.1, 0.15) is 24.3 Å². The molecule has 0 aliphatic rings. The van der Waals surface area contributed by atoms with Gasteiger partial charge in [-0.1, -0.05) is 12.1 Å². The first kappa shape index (κ1) is 10.6. The van der Waals surface area contributed by atoms with Crippen molar-refractivity contribution in [1.82, 2.24) is 19.7 Å². The minimum absolute atomic E-state index is 0.243. The molecule has 1 aromatic carbocycles. The van der Waals surface area contributed by atoms with E-state index in [1.54, 1.807) is 35.6 Å². The zero-order chi connectivity index (χ0) is 12.4. The van der Waals surface area contributed by atoms with Crippen molar-refractivity contribution in [2.24, 2.45) is 0 Å². The Balaban J connectivity index is 1.94. The van der Waals surface area contributed by atoms with E-state index >= 15 is 0 Å². The third kappa shape index (κ3) is 1.98. The maximum Gasteiger partial charge on any atom is 0.139 e. The average molecular weight is 240 g/mol. The maximum absolute atomic E-state index is 12.8. The SMILES string of the molecule is Fc1ccc(-c2ccc(-n3cnnc3)nc2)cc1. The molecule has 0 saturated carbocycles. The highest BCUT2D eigenvalue weighted by atomic mass is 19.1. The summed E-state index contributed by atoms with van der Waals surface area (Å²) in [7, 11) is 0. The molecule has 0 radical (unpaired) electrons. The molecule has 0 bridgehead atoms. The number of nitrogens with zero attached hydrogens (tertiary/aromatic N) is 4. The van der Waals surface area contributed by atoms with Crippen molar-refractivity contribution < 1.29 is 4.39 Å². The van der Waals surface area contributed by atoms with Gasteiger partial charge in [0.2, 0.25) is 0 Å². The van der Waals surface area contributed by atoms with Gasteiger partial charge in [-0.05, 0) is 29.8 Å². The summed E-state index contributed by atoms with van der Waals surface area (Å²) in [6.45, 7) is 0. The van der Waals surface area contributed by atoms with Crippen LogP contribution in [0.4, 0.5) is 4.39 Å². The van der Waals surface area contributed by atoms with E-state index in [9.17, 15) is 4.39 Å².